The van der Waals surface area contributed by atoms with Gasteiger partial charge in [0.15, 0.2) is 0 Å². The van der Waals surface area contributed by atoms with Gasteiger partial charge in [-0.3, -0.25) is 0 Å². The third kappa shape index (κ3) is 3.01. The molecule has 0 aliphatic rings. The van der Waals surface area contributed by atoms with E-state index < -0.39 is 0 Å². The van der Waals surface area contributed by atoms with Gasteiger partial charge in [0, 0.05) is 10.0 Å². The summed E-state index contributed by atoms with van der Waals surface area (Å²) in [6.45, 7) is 5.96. The highest BCUT2D eigenvalue weighted by Crippen LogP contribution is 2.32. The number of benzene rings is 1. The molecular weight excluding hydrogens is 313 g/mol. The summed E-state index contributed by atoms with van der Waals surface area (Å²) in [6.07, 6.45) is 0. The van der Waals surface area contributed by atoms with Crippen molar-refractivity contribution in [2.24, 2.45) is 11.1 Å². The van der Waals surface area contributed by atoms with Gasteiger partial charge in [-0.2, -0.15) is 4.98 Å². The van der Waals surface area contributed by atoms with Crippen LogP contribution in [-0.2, 0) is 0 Å². The minimum Gasteiger partial charge on any atom is -0.337 e. The molecule has 4 nitrogen and oxygen atoms in total. The molecule has 6 heteroatoms. The fourth-order valence-electron chi connectivity index (χ4n) is 1.51. The highest BCUT2D eigenvalue weighted by molar-refractivity contribution is 9.10. The van der Waals surface area contributed by atoms with Gasteiger partial charge in [-0.1, -0.05) is 41.9 Å². The van der Waals surface area contributed by atoms with Gasteiger partial charge in [0.2, 0.25) is 11.7 Å². The Morgan fingerprint density at radius 2 is 2.05 bits per heavy atom. The molecule has 2 rings (SSSR count). The molecule has 0 aliphatic carbocycles. The van der Waals surface area contributed by atoms with Gasteiger partial charge >= 0.3 is 0 Å². The lowest BCUT2D eigenvalue weighted by atomic mass is 9.87. The predicted octanol–water partition coefficient (Wildman–Crippen LogP) is 3.68. The van der Waals surface area contributed by atoms with E-state index >= 15 is 0 Å². The molecule has 0 amide bonds. The Morgan fingerprint density at radius 3 is 2.68 bits per heavy atom. The molecule has 0 fully saturated rings. The average Bonchev–Trinajstić information content (AvgIpc) is 2.79. The van der Waals surface area contributed by atoms with Crippen LogP contribution in [0.25, 0.3) is 11.4 Å². The van der Waals surface area contributed by atoms with Crippen LogP contribution in [0.5, 0.6) is 0 Å². The number of hydrogen-bond acceptors (Lipinski definition) is 4. The summed E-state index contributed by atoms with van der Waals surface area (Å²) in [5.74, 6) is 0.310. The third-order valence-electron chi connectivity index (χ3n) is 2.81. The quantitative estimate of drug-likeness (QED) is 0.913. The van der Waals surface area contributed by atoms with Gasteiger partial charge < -0.3 is 10.3 Å². The molecule has 1 heterocycles. The van der Waals surface area contributed by atoms with Crippen LogP contribution in [0.1, 0.15) is 32.7 Å². The van der Waals surface area contributed by atoms with Crippen LogP contribution in [0.2, 0.25) is 0 Å². The van der Waals surface area contributed by atoms with E-state index in [9.17, 15) is 4.39 Å². The largest absolute Gasteiger partial charge is 0.337 e. The number of nitrogens with zero attached hydrogens (tertiary/aromatic N) is 2. The van der Waals surface area contributed by atoms with Gasteiger partial charge in [0.1, 0.15) is 5.82 Å². The van der Waals surface area contributed by atoms with E-state index in [0.717, 1.165) is 0 Å². The lowest BCUT2D eigenvalue weighted by Crippen LogP contribution is -2.26. The van der Waals surface area contributed by atoms with Crippen molar-refractivity contribution in [3.8, 4) is 11.4 Å². The topological polar surface area (TPSA) is 64.9 Å². The van der Waals surface area contributed by atoms with Crippen LogP contribution < -0.4 is 5.73 Å². The minimum atomic E-state index is -0.374. The predicted molar refractivity (Wildman–Crippen MR) is 73.8 cm³/mol. The summed E-state index contributed by atoms with van der Waals surface area (Å²) < 4.78 is 19.1. The molecule has 0 spiro atoms. The summed E-state index contributed by atoms with van der Waals surface area (Å²) in [5.41, 5.74) is 6.40. The number of rotatable bonds is 2. The van der Waals surface area contributed by atoms with E-state index in [-0.39, 0.29) is 17.3 Å². The second-order valence-corrected chi connectivity index (χ2v) is 6.28. The van der Waals surface area contributed by atoms with Gasteiger partial charge in [-0.15, -0.1) is 0 Å². The van der Waals surface area contributed by atoms with Crippen LogP contribution in [0.3, 0.4) is 0 Å². The summed E-state index contributed by atoms with van der Waals surface area (Å²) in [5, 5.41) is 3.86. The second kappa shape index (κ2) is 5.02. The van der Waals surface area contributed by atoms with Crippen molar-refractivity contribution in [3.05, 3.63) is 34.4 Å². The molecule has 19 heavy (non-hydrogen) atoms. The first-order valence-electron chi connectivity index (χ1n) is 5.83. The van der Waals surface area contributed by atoms with Crippen LogP contribution in [0.15, 0.2) is 27.2 Å². The molecule has 2 aromatic rings. The standard InChI is InChI=1S/C13H15BrFN3O/c1-13(2,3)10(16)12-17-11(18-19-12)8-6-7(15)4-5-9(8)14/h4-6,10H,16H2,1-3H3/t10-/m1/s1. The van der Waals surface area contributed by atoms with Crippen LogP contribution in [0, 0.1) is 11.2 Å². The highest BCUT2D eigenvalue weighted by Gasteiger charge is 2.28. The van der Waals surface area contributed by atoms with Crippen LogP contribution >= 0.6 is 15.9 Å². The van der Waals surface area contributed by atoms with Crippen molar-refractivity contribution in [1.82, 2.24) is 10.1 Å². The molecule has 0 bridgehead atoms. The smallest absolute Gasteiger partial charge is 0.244 e. The average molecular weight is 328 g/mol. The number of aromatic nitrogens is 2. The monoisotopic (exact) mass is 327 g/mol. The van der Waals surface area contributed by atoms with E-state index in [2.05, 4.69) is 26.1 Å². The summed E-state index contributed by atoms with van der Waals surface area (Å²) in [7, 11) is 0. The van der Waals surface area contributed by atoms with Crippen molar-refractivity contribution in [2.75, 3.05) is 0 Å². The summed E-state index contributed by atoms with van der Waals surface area (Å²) in [6, 6.07) is 3.93. The normalized spacial score (nSPS) is 13.6. The Bertz CT molecular complexity index is 592. The lowest BCUT2D eigenvalue weighted by Gasteiger charge is -2.23. The SMILES string of the molecule is CC(C)(C)[C@H](N)c1nc(-c2cc(F)ccc2Br)no1. The zero-order valence-electron chi connectivity index (χ0n) is 10.9. The summed E-state index contributed by atoms with van der Waals surface area (Å²) in [4.78, 5) is 4.25. The van der Waals surface area contributed by atoms with Crippen molar-refractivity contribution >= 4 is 15.9 Å². The van der Waals surface area contributed by atoms with E-state index in [1.54, 1.807) is 6.07 Å². The van der Waals surface area contributed by atoms with Crippen LogP contribution in [0.4, 0.5) is 4.39 Å². The van der Waals surface area contributed by atoms with Crippen molar-refractivity contribution in [2.45, 2.75) is 26.8 Å². The Hall–Kier alpha value is -1.27. The summed E-state index contributed by atoms with van der Waals surface area (Å²) >= 11 is 3.33. The van der Waals surface area contributed by atoms with Crippen molar-refractivity contribution in [1.29, 1.82) is 0 Å². The Labute approximate surface area is 119 Å². The molecule has 1 aromatic carbocycles. The lowest BCUT2D eigenvalue weighted by molar-refractivity contribution is 0.253. The first kappa shape index (κ1) is 14.1. The first-order valence-corrected chi connectivity index (χ1v) is 6.63. The molecule has 0 aliphatic heterocycles. The molecule has 0 unspecified atom stereocenters. The van der Waals surface area contributed by atoms with Gasteiger partial charge in [-0.05, 0) is 23.6 Å². The van der Waals surface area contributed by atoms with Crippen molar-refractivity contribution in [3.63, 3.8) is 0 Å². The minimum absolute atomic E-state index is 0.191. The Morgan fingerprint density at radius 1 is 1.37 bits per heavy atom. The molecule has 1 atom stereocenters. The van der Waals surface area contributed by atoms with Gasteiger partial charge in [-0.25, -0.2) is 4.39 Å². The number of nitrogens with two attached hydrogens (primary N) is 1. The fourth-order valence-corrected chi connectivity index (χ4v) is 1.93. The molecule has 102 valence electrons. The maximum Gasteiger partial charge on any atom is 0.244 e. The maximum atomic E-state index is 13.3. The molecule has 1 aromatic heterocycles. The Kier molecular flexibility index (Phi) is 3.73. The van der Waals surface area contributed by atoms with E-state index in [0.29, 0.717) is 21.8 Å². The highest BCUT2D eigenvalue weighted by atomic mass is 79.9. The van der Waals surface area contributed by atoms with Gasteiger partial charge in [0.05, 0.1) is 6.04 Å². The van der Waals surface area contributed by atoms with E-state index in [4.69, 9.17) is 10.3 Å². The molecular formula is C13H15BrFN3O. The van der Waals surface area contributed by atoms with Crippen LogP contribution in [-0.4, -0.2) is 10.1 Å². The first-order chi connectivity index (χ1) is 8.79. The fraction of sp³-hybridized carbons (Fsp3) is 0.385. The van der Waals surface area contributed by atoms with E-state index in [1.165, 1.54) is 12.1 Å². The molecule has 2 N–H and O–H groups in total. The molecule has 0 saturated heterocycles. The zero-order valence-corrected chi connectivity index (χ0v) is 12.5. The number of hydrogen-bond donors (Lipinski definition) is 1. The number of halogens is 2. The zero-order chi connectivity index (χ0) is 14.2. The third-order valence-corrected chi connectivity index (χ3v) is 3.50. The Balaban J connectivity index is 2.39. The molecule has 0 radical (unpaired) electrons. The second-order valence-electron chi connectivity index (χ2n) is 5.42. The molecule has 0 saturated carbocycles. The van der Waals surface area contributed by atoms with Crippen molar-refractivity contribution < 1.29 is 8.91 Å². The van der Waals surface area contributed by atoms with E-state index in [1.807, 2.05) is 20.8 Å². The van der Waals surface area contributed by atoms with Gasteiger partial charge in [0.25, 0.3) is 0 Å². The maximum absolute atomic E-state index is 13.3.